The number of nitrogens with zero attached hydrogens (tertiary/aromatic N) is 2. The van der Waals surface area contributed by atoms with Crippen LogP contribution in [-0.2, 0) is 6.54 Å². The van der Waals surface area contributed by atoms with E-state index in [4.69, 9.17) is 10.8 Å². The number of hydrogen-bond acceptors (Lipinski definition) is 2. The number of allylic oxidation sites excluding steroid dienone is 1. The topological polar surface area (TPSA) is 43.8 Å². The molecule has 1 aliphatic rings. The van der Waals surface area contributed by atoms with Crippen molar-refractivity contribution in [3.05, 3.63) is 65.0 Å². The first kappa shape index (κ1) is 13.1. The second-order valence-corrected chi connectivity index (χ2v) is 5.62. The van der Waals surface area contributed by atoms with Gasteiger partial charge >= 0.3 is 0 Å². The molecule has 2 N–H and O–H groups in total. The van der Waals surface area contributed by atoms with Crippen molar-refractivity contribution in [2.45, 2.75) is 38.8 Å². The summed E-state index contributed by atoms with van der Waals surface area (Å²) in [7, 11) is 0. The number of benzene rings is 1. The van der Waals surface area contributed by atoms with Crippen molar-refractivity contribution in [1.82, 2.24) is 9.78 Å². The van der Waals surface area contributed by atoms with Gasteiger partial charge in [-0.05, 0) is 25.8 Å². The summed E-state index contributed by atoms with van der Waals surface area (Å²) < 4.78 is 2.11. The first-order chi connectivity index (χ1) is 9.65. The van der Waals surface area contributed by atoms with Gasteiger partial charge in [0, 0.05) is 23.2 Å². The molecule has 20 heavy (non-hydrogen) atoms. The Morgan fingerprint density at radius 3 is 2.60 bits per heavy atom. The zero-order valence-electron chi connectivity index (χ0n) is 12.1. The van der Waals surface area contributed by atoms with Crippen molar-refractivity contribution in [1.29, 1.82) is 0 Å². The van der Waals surface area contributed by atoms with E-state index in [2.05, 4.69) is 54.9 Å². The second-order valence-electron chi connectivity index (χ2n) is 5.62. The van der Waals surface area contributed by atoms with Gasteiger partial charge in [0.2, 0.25) is 0 Å². The van der Waals surface area contributed by atoms with E-state index in [-0.39, 0.29) is 6.04 Å². The maximum absolute atomic E-state index is 5.98. The van der Waals surface area contributed by atoms with Gasteiger partial charge in [0.05, 0.1) is 12.2 Å². The Hall–Kier alpha value is -1.87. The lowest BCUT2D eigenvalue weighted by Crippen LogP contribution is -2.14. The van der Waals surface area contributed by atoms with Gasteiger partial charge in [-0.25, -0.2) is 0 Å². The molecule has 0 fully saturated rings. The Kier molecular flexibility index (Phi) is 3.45. The minimum Gasteiger partial charge on any atom is -0.324 e. The van der Waals surface area contributed by atoms with Crippen molar-refractivity contribution in [3.8, 4) is 0 Å². The van der Waals surface area contributed by atoms with Crippen LogP contribution in [0.3, 0.4) is 0 Å². The monoisotopic (exact) mass is 267 g/mol. The predicted molar refractivity (Wildman–Crippen MR) is 81.7 cm³/mol. The number of aryl methyl sites for hydroxylation is 1. The van der Waals surface area contributed by atoms with Crippen LogP contribution in [0.2, 0.25) is 0 Å². The first-order valence-electron chi connectivity index (χ1n) is 7.17. The Morgan fingerprint density at radius 1 is 1.20 bits per heavy atom. The van der Waals surface area contributed by atoms with Crippen molar-refractivity contribution < 1.29 is 0 Å². The van der Waals surface area contributed by atoms with E-state index in [1.165, 1.54) is 16.8 Å². The molecule has 2 atom stereocenters. The van der Waals surface area contributed by atoms with Crippen LogP contribution in [0.4, 0.5) is 0 Å². The predicted octanol–water partition coefficient (Wildman–Crippen LogP) is 2.92. The molecule has 104 valence electrons. The van der Waals surface area contributed by atoms with Crippen molar-refractivity contribution >= 4 is 0 Å². The molecule has 0 unspecified atom stereocenters. The highest BCUT2D eigenvalue weighted by Crippen LogP contribution is 2.32. The van der Waals surface area contributed by atoms with Crippen LogP contribution in [0.25, 0.3) is 0 Å². The molecular weight excluding hydrogens is 246 g/mol. The second kappa shape index (κ2) is 5.25. The van der Waals surface area contributed by atoms with E-state index in [0.717, 1.165) is 18.7 Å². The molecule has 0 bridgehead atoms. The molecule has 0 saturated carbocycles. The maximum atomic E-state index is 5.98. The lowest BCUT2D eigenvalue weighted by Gasteiger charge is -2.11. The van der Waals surface area contributed by atoms with Crippen molar-refractivity contribution in [2.24, 2.45) is 5.73 Å². The molecular formula is C17H21N3. The standard InChI is InChI=1S/C17H21N3/c1-12-17(15-8-9-16(18)10-15)13(2)20(19-12)11-14-6-4-3-5-7-14/h3-9,15-16H,10-11,18H2,1-2H3/t15-,16-/m1/s1. The smallest absolute Gasteiger partial charge is 0.0662 e. The molecule has 1 aliphatic carbocycles. The highest BCUT2D eigenvalue weighted by molar-refractivity contribution is 5.35. The third kappa shape index (κ3) is 2.41. The van der Waals surface area contributed by atoms with Gasteiger partial charge in [-0.2, -0.15) is 5.10 Å². The van der Waals surface area contributed by atoms with Crippen LogP contribution >= 0.6 is 0 Å². The maximum Gasteiger partial charge on any atom is 0.0662 e. The molecule has 1 aromatic carbocycles. The quantitative estimate of drug-likeness (QED) is 0.869. The molecule has 3 rings (SSSR count). The van der Waals surface area contributed by atoms with E-state index >= 15 is 0 Å². The summed E-state index contributed by atoms with van der Waals surface area (Å²) in [5.74, 6) is 0.425. The molecule has 0 radical (unpaired) electrons. The molecule has 3 heteroatoms. The summed E-state index contributed by atoms with van der Waals surface area (Å²) in [6.07, 6.45) is 5.34. The summed E-state index contributed by atoms with van der Waals surface area (Å²) >= 11 is 0. The van der Waals surface area contributed by atoms with Gasteiger partial charge in [-0.1, -0.05) is 42.5 Å². The number of hydrogen-bond donors (Lipinski definition) is 1. The molecule has 3 nitrogen and oxygen atoms in total. The minimum absolute atomic E-state index is 0.191. The zero-order valence-corrected chi connectivity index (χ0v) is 12.1. The molecule has 2 aromatic rings. The van der Waals surface area contributed by atoms with Crippen LogP contribution in [0.15, 0.2) is 42.5 Å². The summed E-state index contributed by atoms with van der Waals surface area (Å²) in [6.45, 7) is 5.09. The van der Waals surface area contributed by atoms with Crippen LogP contribution in [0, 0.1) is 13.8 Å². The Balaban J connectivity index is 1.89. The van der Waals surface area contributed by atoms with Crippen LogP contribution in [-0.4, -0.2) is 15.8 Å². The first-order valence-corrected chi connectivity index (χ1v) is 7.17. The summed E-state index contributed by atoms with van der Waals surface area (Å²) in [4.78, 5) is 0. The minimum atomic E-state index is 0.191. The molecule has 0 amide bonds. The van der Waals surface area contributed by atoms with Crippen LogP contribution in [0.1, 0.15) is 34.9 Å². The molecule has 1 aromatic heterocycles. The van der Waals surface area contributed by atoms with E-state index < -0.39 is 0 Å². The fourth-order valence-electron chi connectivity index (χ4n) is 3.10. The van der Waals surface area contributed by atoms with Gasteiger partial charge in [-0.3, -0.25) is 4.68 Å². The van der Waals surface area contributed by atoms with Crippen LogP contribution in [0.5, 0.6) is 0 Å². The third-order valence-electron chi connectivity index (χ3n) is 4.10. The Bertz CT molecular complexity index is 625. The third-order valence-corrected chi connectivity index (χ3v) is 4.10. The van der Waals surface area contributed by atoms with Crippen LogP contribution < -0.4 is 5.73 Å². The summed E-state index contributed by atoms with van der Waals surface area (Å²) in [5, 5.41) is 4.72. The lowest BCUT2D eigenvalue weighted by atomic mass is 9.96. The van der Waals surface area contributed by atoms with E-state index in [1.54, 1.807) is 0 Å². The zero-order chi connectivity index (χ0) is 14.1. The molecule has 0 saturated heterocycles. The van der Waals surface area contributed by atoms with E-state index in [9.17, 15) is 0 Å². The van der Waals surface area contributed by atoms with Crippen molar-refractivity contribution in [3.63, 3.8) is 0 Å². The average Bonchev–Trinajstić information content (AvgIpc) is 2.96. The van der Waals surface area contributed by atoms with Gasteiger partial charge in [-0.15, -0.1) is 0 Å². The summed E-state index contributed by atoms with van der Waals surface area (Å²) in [5.41, 5.74) is 11.0. The number of aromatic nitrogens is 2. The SMILES string of the molecule is Cc1nn(Cc2ccccc2)c(C)c1[C@@H]1C=C[C@@H](N)C1. The molecule has 1 heterocycles. The molecule has 0 aliphatic heterocycles. The summed E-state index contributed by atoms with van der Waals surface area (Å²) in [6, 6.07) is 10.7. The lowest BCUT2D eigenvalue weighted by molar-refractivity contribution is 0.654. The fraction of sp³-hybridized carbons (Fsp3) is 0.353. The number of rotatable bonds is 3. The average molecular weight is 267 g/mol. The normalized spacial score (nSPS) is 21.6. The van der Waals surface area contributed by atoms with E-state index in [1.807, 2.05) is 6.07 Å². The Morgan fingerprint density at radius 2 is 1.95 bits per heavy atom. The van der Waals surface area contributed by atoms with Gasteiger partial charge in [0.15, 0.2) is 0 Å². The van der Waals surface area contributed by atoms with E-state index in [0.29, 0.717) is 5.92 Å². The van der Waals surface area contributed by atoms with Gasteiger partial charge in [0.25, 0.3) is 0 Å². The molecule has 0 spiro atoms. The number of nitrogens with two attached hydrogens (primary N) is 1. The highest BCUT2D eigenvalue weighted by atomic mass is 15.3. The Labute approximate surface area is 120 Å². The van der Waals surface area contributed by atoms with Crippen molar-refractivity contribution in [2.75, 3.05) is 0 Å². The highest BCUT2D eigenvalue weighted by Gasteiger charge is 2.24. The fourth-order valence-corrected chi connectivity index (χ4v) is 3.10. The van der Waals surface area contributed by atoms with Gasteiger partial charge < -0.3 is 5.73 Å². The van der Waals surface area contributed by atoms with Gasteiger partial charge in [0.1, 0.15) is 0 Å². The largest absolute Gasteiger partial charge is 0.324 e.